The molecule has 0 aliphatic rings. The van der Waals surface area contributed by atoms with Crippen LogP contribution in [0.1, 0.15) is 0 Å². The van der Waals surface area contributed by atoms with Gasteiger partial charge in [-0.3, -0.25) is 10.1 Å². The average molecular weight is 357 g/mol. The fourth-order valence-corrected chi connectivity index (χ4v) is 3.57. The van der Waals surface area contributed by atoms with Crippen molar-refractivity contribution < 1.29 is 21.8 Å². The number of nitro groups is 1. The van der Waals surface area contributed by atoms with E-state index in [-0.39, 0.29) is 16.0 Å². The fraction of sp³-hybridized carbons (Fsp3) is 0. The maximum Gasteiger partial charge on any atom is 0.297 e. The van der Waals surface area contributed by atoms with Crippen molar-refractivity contribution in [2.24, 2.45) is 10.3 Å². The first-order valence-corrected chi connectivity index (χ1v) is 9.05. The molecule has 4 N–H and O–H groups in total. The number of primary sulfonamides is 2. The highest BCUT2D eigenvalue weighted by Gasteiger charge is 2.29. The zero-order valence-corrected chi connectivity index (χ0v) is 13.0. The molecular formula is C12H11N3O6S2. The molecule has 0 fully saturated rings. The monoisotopic (exact) mass is 357 g/mol. The third-order valence-electron chi connectivity index (χ3n) is 2.97. The summed E-state index contributed by atoms with van der Waals surface area (Å²) in [4.78, 5) is 9.31. The van der Waals surface area contributed by atoms with Crippen LogP contribution < -0.4 is 10.3 Å². The Bertz CT molecular complexity index is 999. The Balaban J connectivity index is 2.95. The Kier molecular flexibility index (Phi) is 4.22. The molecule has 0 atom stereocenters. The topological polar surface area (TPSA) is 163 Å². The number of benzene rings is 2. The van der Waals surface area contributed by atoms with Crippen molar-refractivity contribution in [2.45, 2.75) is 9.79 Å². The SMILES string of the molecule is NS(=O)(=O)c1ccccc1-c1cccc(S(N)(=O)=O)c1[N+](=O)[O-]. The molecule has 23 heavy (non-hydrogen) atoms. The van der Waals surface area contributed by atoms with E-state index in [4.69, 9.17) is 10.3 Å². The molecule has 0 aromatic heterocycles. The second-order valence-electron chi connectivity index (χ2n) is 4.50. The Labute approximate surface area is 131 Å². The number of para-hydroxylation sites is 1. The van der Waals surface area contributed by atoms with Gasteiger partial charge >= 0.3 is 0 Å². The van der Waals surface area contributed by atoms with E-state index in [0.717, 1.165) is 12.1 Å². The number of hydrogen-bond acceptors (Lipinski definition) is 6. The highest BCUT2D eigenvalue weighted by atomic mass is 32.2. The van der Waals surface area contributed by atoms with Crippen LogP contribution in [0.25, 0.3) is 11.1 Å². The van der Waals surface area contributed by atoms with Crippen LogP contribution in [0, 0.1) is 10.1 Å². The summed E-state index contributed by atoms with van der Waals surface area (Å²) in [5.41, 5.74) is -1.12. The van der Waals surface area contributed by atoms with E-state index >= 15 is 0 Å². The summed E-state index contributed by atoms with van der Waals surface area (Å²) < 4.78 is 46.4. The van der Waals surface area contributed by atoms with E-state index in [0.29, 0.717) is 0 Å². The van der Waals surface area contributed by atoms with Crippen LogP contribution in [0.4, 0.5) is 5.69 Å². The number of hydrogen-bond donors (Lipinski definition) is 2. The van der Waals surface area contributed by atoms with Crippen LogP contribution in [0.5, 0.6) is 0 Å². The van der Waals surface area contributed by atoms with Gasteiger partial charge in [-0.05, 0) is 18.2 Å². The van der Waals surface area contributed by atoms with Crippen LogP contribution in [-0.2, 0) is 20.0 Å². The molecule has 0 bridgehead atoms. The van der Waals surface area contributed by atoms with Gasteiger partial charge in [0.1, 0.15) is 0 Å². The first-order valence-electron chi connectivity index (χ1n) is 5.96. The third kappa shape index (κ3) is 3.37. The zero-order chi connectivity index (χ0) is 17.4. The minimum Gasteiger partial charge on any atom is -0.258 e. The number of nitrogens with zero attached hydrogens (tertiary/aromatic N) is 1. The summed E-state index contributed by atoms with van der Waals surface area (Å²) in [6.07, 6.45) is 0. The molecule has 2 aromatic carbocycles. The molecule has 0 amide bonds. The zero-order valence-electron chi connectivity index (χ0n) is 11.4. The van der Waals surface area contributed by atoms with Gasteiger partial charge in [-0.2, -0.15) is 0 Å². The molecule has 2 aromatic rings. The predicted octanol–water partition coefficient (Wildman–Crippen LogP) is 0.557. The van der Waals surface area contributed by atoms with Gasteiger partial charge in [-0.25, -0.2) is 27.1 Å². The summed E-state index contributed by atoms with van der Waals surface area (Å²) in [7, 11) is -8.56. The standard InChI is InChI=1S/C12H11N3O6S2/c13-22(18,19)10-6-2-1-4-8(10)9-5-3-7-11(23(14,20)21)12(9)15(16)17/h1-7H,(H2,13,18,19)(H2,14,20,21). The van der Waals surface area contributed by atoms with Crippen LogP contribution in [-0.4, -0.2) is 21.8 Å². The predicted molar refractivity (Wildman–Crippen MR) is 81.3 cm³/mol. The van der Waals surface area contributed by atoms with Crippen molar-refractivity contribution in [3.63, 3.8) is 0 Å². The van der Waals surface area contributed by atoms with Crippen LogP contribution in [0.3, 0.4) is 0 Å². The molecule has 0 aliphatic carbocycles. The molecule has 11 heteroatoms. The number of sulfonamides is 2. The molecule has 9 nitrogen and oxygen atoms in total. The molecule has 122 valence electrons. The molecule has 0 saturated carbocycles. The lowest BCUT2D eigenvalue weighted by atomic mass is 10.0. The Morgan fingerprint density at radius 3 is 1.78 bits per heavy atom. The first kappa shape index (κ1) is 17.0. The molecule has 0 radical (unpaired) electrons. The summed E-state index contributed by atoms with van der Waals surface area (Å²) in [5, 5.41) is 21.4. The van der Waals surface area contributed by atoms with Gasteiger partial charge in [-0.15, -0.1) is 0 Å². The van der Waals surface area contributed by atoms with Crippen molar-refractivity contribution in [1.82, 2.24) is 0 Å². The average Bonchev–Trinajstić information content (AvgIpc) is 2.44. The highest BCUT2D eigenvalue weighted by molar-refractivity contribution is 7.89. The quantitative estimate of drug-likeness (QED) is 0.599. The van der Waals surface area contributed by atoms with E-state index in [1.54, 1.807) is 0 Å². The molecule has 0 aliphatic heterocycles. The first-order chi connectivity index (χ1) is 10.5. The Morgan fingerprint density at radius 1 is 0.783 bits per heavy atom. The van der Waals surface area contributed by atoms with Crippen LogP contribution in [0.2, 0.25) is 0 Å². The normalized spacial score (nSPS) is 12.1. The molecular weight excluding hydrogens is 346 g/mol. The van der Waals surface area contributed by atoms with Gasteiger partial charge in [0.05, 0.1) is 15.4 Å². The minimum atomic E-state index is -4.38. The summed E-state index contributed by atoms with van der Waals surface area (Å²) >= 11 is 0. The number of nitro benzene ring substituents is 1. The molecule has 0 spiro atoms. The number of nitrogens with two attached hydrogens (primary N) is 2. The van der Waals surface area contributed by atoms with Gasteiger partial charge in [0.15, 0.2) is 4.90 Å². The Morgan fingerprint density at radius 2 is 1.26 bits per heavy atom. The lowest BCUT2D eigenvalue weighted by Gasteiger charge is -2.10. The van der Waals surface area contributed by atoms with Crippen molar-refractivity contribution >= 4 is 25.7 Å². The number of rotatable bonds is 4. The van der Waals surface area contributed by atoms with Gasteiger partial charge < -0.3 is 0 Å². The molecule has 0 saturated heterocycles. The van der Waals surface area contributed by atoms with Gasteiger partial charge in [0, 0.05) is 5.56 Å². The van der Waals surface area contributed by atoms with Crippen molar-refractivity contribution in [3.05, 3.63) is 52.6 Å². The van der Waals surface area contributed by atoms with E-state index in [9.17, 15) is 26.9 Å². The molecule has 0 heterocycles. The van der Waals surface area contributed by atoms with E-state index in [1.807, 2.05) is 0 Å². The van der Waals surface area contributed by atoms with Crippen molar-refractivity contribution in [1.29, 1.82) is 0 Å². The van der Waals surface area contributed by atoms with E-state index < -0.39 is 35.6 Å². The molecule has 2 rings (SSSR count). The largest absolute Gasteiger partial charge is 0.297 e. The second kappa shape index (κ2) is 5.70. The summed E-state index contributed by atoms with van der Waals surface area (Å²) in [5.74, 6) is 0. The summed E-state index contributed by atoms with van der Waals surface area (Å²) in [6, 6.07) is 8.69. The highest BCUT2D eigenvalue weighted by Crippen LogP contribution is 2.37. The smallest absolute Gasteiger partial charge is 0.258 e. The fourth-order valence-electron chi connectivity index (χ4n) is 2.09. The third-order valence-corrected chi connectivity index (χ3v) is 4.88. The van der Waals surface area contributed by atoms with E-state index in [1.165, 1.54) is 30.3 Å². The lowest BCUT2D eigenvalue weighted by Crippen LogP contribution is -2.16. The van der Waals surface area contributed by atoms with Crippen molar-refractivity contribution in [3.8, 4) is 11.1 Å². The lowest BCUT2D eigenvalue weighted by molar-refractivity contribution is -0.387. The van der Waals surface area contributed by atoms with Gasteiger partial charge in [-0.1, -0.05) is 24.3 Å². The van der Waals surface area contributed by atoms with E-state index in [2.05, 4.69) is 0 Å². The van der Waals surface area contributed by atoms with Crippen LogP contribution in [0.15, 0.2) is 52.3 Å². The maximum atomic E-state index is 11.7. The Hall–Kier alpha value is -2.34. The molecule has 0 unspecified atom stereocenters. The van der Waals surface area contributed by atoms with Crippen LogP contribution >= 0.6 is 0 Å². The van der Waals surface area contributed by atoms with Gasteiger partial charge in [0.25, 0.3) is 5.69 Å². The second-order valence-corrected chi connectivity index (χ2v) is 7.56. The minimum absolute atomic E-state index is 0.0906. The van der Waals surface area contributed by atoms with Crippen molar-refractivity contribution in [2.75, 3.05) is 0 Å². The maximum absolute atomic E-state index is 11.7. The summed E-state index contributed by atoms with van der Waals surface area (Å²) in [6.45, 7) is 0. The van der Waals surface area contributed by atoms with Gasteiger partial charge in [0.2, 0.25) is 20.0 Å².